The Kier molecular flexibility index (Phi) is 4.65. The number of hydrogen-bond donors (Lipinski definition) is 1. The number of nitrogens with one attached hydrogen (secondary N) is 1. The normalized spacial score (nSPS) is 16.2. The highest BCUT2D eigenvalue weighted by atomic mass is 19.4. The van der Waals surface area contributed by atoms with Crippen LogP contribution < -0.4 is 10.2 Å². The summed E-state index contributed by atoms with van der Waals surface area (Å²) < 4.78 is 37.7. The number of hydrogen-bond acceptors (Lipinski definition) is 3. The second-order valence-corrected chi connectivity index (χ2v) is 4.69. The van der Waals surface area contributed by atoms with E-state index < -0.39 is 11.7 Å². The molecule has 110 valence electrons. The van der Waals surface area contributed by atoms with E-state index in [4.69, 9.17) is 0 Å². The van der Waals surface area contributed by atoms with Crippen molar-refractivity contribution in [1.82, 2.24) is 10.3 Å². The SMILES string of the molecule is CCNCc1cccc(N2CC=C(C(F)(F)F)CC2)n1. The minimum atomic E-state index is -4.20. The van der Waals surface area contributed by atoms with E-state index in [2.05, 4.69) is 10.3 Å². The van der Waals surface area contributed by atoms with E-state index in [1.165, 1.54) is 6.08 Å². The summed E-state index contributed by atoms with van der Waals surface area (Å²) in [7, 11) is 0. The first kappa shape index (κ1) is 14.8. The van der Waals surface area contributed by atoms with Gasteiger partial charge in [-0.05, 0) is 25.1 Å². The molecule has 2 rings (SSSR count). The van der Waals surface area contributed by atoms with E-state index in [1.54, 1.807) is 0 Å². The van der Waals surface area contributed by atoms with Crippen molar-refractivity contribution in [3.05, 3.63) is 35.5 Å². The summed E-state index contributed by atoms with van der Waals surface area (Å²) in [6.45, 7) is 4.14. The predicted octanol–water partition coefficient (Wildman–Crippen LogP) is 2.89. The molecular formula is C14H18F3N3. The highest BCUT2D eigenvalue weighted by molar-refractivity contribution is 5.42. The monoisotopic (exact) mass is 285 g/mol. The van der Waals surface area contributed by atoms with Crippen molar-refractivity contribution in [1.29, 1.82) is 0 Å². The van der Waals surface area contributed by atoms with Gasteiger partial charge in [-0.1, -0.05) is 19.1 Å². The fourth-order valence-electron chi connectivity index (χ4n) is 2.13. The Labute approximate surface area is 116 Å². The van der Waals surface area contributed by atoms with Crippen LogP contribution in [0.2, 0.25) is 0 Å². The van der Waals surface area contributed by atoms with Gasteiger partial charge in [-0.3, -0.25) is 0 Å². The second kappa shape index (κ2) is 6.26. The Hall–Kier alpha value is -1.56. The van der Waals surface area contributed by atoms with Gasteiger partial charge in [-0.2, -0.15) is 13.2 Å². The zero-order chi connectivity index (χ0) is 14.6. The molecule has 0 aliphatic carbocycles. The lowest BCUT2D eigenvalue weighted by molar-refractivity contribution is -0.0944. The van der Waals surface area contributed by atoms with Crippen molar-refractivity contribution >= 4 is 5.82 Å². The van der Waals surface area contributed by atoms with Crippen LogP contribution in [0.15, 0.2) is 29.8 Å². The summed E-state index contributed by atoms with van der Waals surface area (Å²) >= 11 is 0. The van der Waals surface area contributed by atoms with E-state index >= 15 is 0 Å². The minimum absolute atomic E-state index is 0.0165. The third-order valence-electron chi connectivity index (χ3n) is 3.25. The molecule has 2 heterocycles. The molecule has 1 aliphatic rings. The molecule has 0 saturated carbocycles. The number of rotatable bonds is 4. The fraction of sp³-hybridized carbons (Fsp3) is 0.500. The first-order valence-electron chi connectivity index (χ1n) is 6.68. The maximum atomic E-state index is 12.6. The van der Waals surface area contributed by atoms with Gasteiger partial charge in [-0.25, -0.2) is 4.98 Å². The molecule has 0 unspecified atom stereocenters. The summed E-state index contributed by atoms with van der Waals surface area (Å²) in [6.07, 6.45) is -2.93. The third kappa shape index (κ3) is 3.72. The molecule has 0 aromatic carbocycles. The number of aromatic nitrogens is 1. The van der Waals surface area contributed by atoms with Gasteiger partial charge >= 0.3 is 6.18 Å². The van der Waals surface area contributed by atoms with E-state index in [0.29, 0.717) is 13.1 Å². The number of alkyl halides is 3. The van der Waals surface area contributed by atoms with E-state index in [1.807, 2.05) is 30.0 Å². The Morgan fingerprint density at radius 3 is 2.75 bits per heavy atom. The van der Waals surface area contributed by atoms with Crippen LogP contribution >= 0.6 is 0 Å². The van der Waals surface area contributed by atoms with Gasteiger partial charge in [0.05, 0.1) is 5.69 Å². The molecule has 6 heteroatoms. The van der Waals surface area contributed by atoms with E-state index in [0.717, 1.165) is 18.1 Å². The molecule has 0 spiro atoms. The van der Waals surface area contributed by atoms with Crippen LogP contribution in [-0.2, 0) is 6.54 Å². The van der Waals surface area contributed by atoms with Crippen LogP contribution in [0.25, 0.3) is 0 Å². The van der Waals surface area contributed by atoms with Gasteiger partial charge < -0.3 is 10.2 Å². The summed E-state index contributed by atoms with van der Waals surface area (Å²) in [4.78, 5) is 6.34. The van der Waals surface area contributed by atoms with Crippen LogP contribution in [0.5, 0.6) is 0 Å². The van der Waals surface area contributed by atoms with Gasteiger partial charge in [0, 0.05) is 25.2 Å². The van der Waals surface area contributed by atoms with Crippen LogP contribution in [0, 0.1) is 0 Å². The van der Waals surface area contributed by atoms with Crippen LogP contribution in [0.1, 0.15) is 19.0 Å². The minimum Gasteiger partial charge on any atom is -0.353 e. The summed E-state index contributed by atoms with van der Waals surface area (Å²) in [6, 6.07) is 5.63. The smallest absolute Gasteiger partial charge is 0.353 e. The molecule has 0 radical (unpaired) electrons. The standard InChI is InChI=1S/C14H18F3N3/c1-2-18-10-12-4-3-5-13(19-12)20-8-6-11(7-9-20)14(15,16)17/h3-6,18H,2,7-10H2,1H3. The Morgan fingerprint density at radius 1 is 1.35 bits per heavy atom. The van der Waals surface area contributed by atoms with Crippen molar-refractivity contribution in [2.75, 3.05) is 24.5 Å². The molecule has 1 aliphatic heterocycles. The van der Waals surface area contributed by atoms with Crippen molar-refractivity contribution in [3.63, 3.8) is 0 Å². The lowest BCUT2D eigenvalue weighted by Gasteiger charge is -2.28. The molecule has 0 fully saturated rings. The average Bonchev–Trinajstić information content (AvgIpc) is 2.45. The average molecular weight is 285 g/mol. The van der Waals surface area contributed by atoms with Crippen molar-refractivity contribution < 1.29 is 13.2 Å². The molecule has 0 saturated heterocycles. The van der Waals surface area contributed by atoms with Crippen molar-refractivity contribution in [2.24, 2.45) is 0 Å². The van der Waals surface area contributed by atoms with Gasteiger partial charge in [0.2, 0.25) is 0 Å². The number of pyridine rings is 1. The van der Waals surface area contributed by atoms with Crippen molar-refractivity contribution in [2.45, 2.75) is 26.1 Å². The van der Waals surface area contributed by atoms with Crippen molar-refractivity contribution in [3.8, 4) is 0 Å². The number of anilines is 1. The maximum absolute atomic E-state index is 12.6. The highest BCUT2D eigenvalue weighted by Gasteiger charge is 2.34. The van der Waals surface area contributed by atoms with Gasteiger partial charge in [0.25, 0.3) is 0 Å². The number of halogens is 3. The largest absolute Gasteiger partial charge is 0.412 e. The molecular weight excluding hydrogens is 267 g/mol. The van der Waals surface area contributed by atoms with Gasteiger partial charge in [-0.15, -0.1) is 0 Å². The molecule has 1 N–H and O–H groups in total. The molecule has 0 bridgehead atoms. The number of nitrogens with zero attached hydrogens (tertiary/aromatic N) is 2. The summed E-state index contributed by atoms with van der Waals surface area (Å²) in [5.41, 5.74) is 0.465. The lowest BCUT2D eigenvalue weighted by Crippen LogP contribution is -2.32. The first-order chi connectivity index (χ1) is 9.50. The fourth-order valence-corrected chi connectivity index (χ4v) is 2.13. The quantitative estimate of drug-likeness (QED) is 0.862. The molecule has 0 amide bonds. The molecule has 0 atom stereocenters. The van der Waals surface area contributed by atoms with E-state index in [9.17, 15) is 13.2 Å². The zero-order valence-electron chi connectivity index (χ0n) is 11.4. The van der Waals surface area contributed by atoms with Crippen LogP contribution in [-0.4, -0.2) is 30.8 Å². The second-order valence-electron chi connectivity index (χ2n) is 4.69. The zero-order valence-corrected chi connectivity index (χ0v) is 11.4. The third-order valence-corrected chi connectivity index (χ3v) is 3.25. The Morgan fingerprint density at radius 2 is 2.15 bits per heavy atom. The van der Waals surface area contributed by atoms with Gasteiger partial charge in [0.15, 0.2) is 0 Å². The Balaban J connectivity index is 2.05. The summed E-state index contributed by atoms with van der Waals surface area (Å²) in [5, 5.41) is 3.18. The predicted molar refractivity (Wildman–Crippen MR) is 72.6 cm³/mol. The summed E-state index contributed by atoms with van der Waals surface area (Å²) in [5.74, 6) is 0.734. The molecule has 1 aromatic heterocycles. The first-order valence-corrected chi connectivity index (χ1v) is 6.68. The lowest BCUT2D eigenvalue weighted by atomic mass is 10.1. The molecule has 1 aromatic rings. The van der Waals surface area contributed by atoms with Gasteiger partial charge in [0.1, 0.15) is 5.82 Å². The Bertz CT molecular complexity index is 483. The van der Waals surface area contributed by atoms with Crippen LogP contribution in [0.3, 0.4) is 0 Å². The van der Waals surface area contributed by atoms with Crippen LogP contribution in [0.4, 0.5) is 19.0 Å². The van der Waals surface area contributed by atoms with E-state index in [-0.39, 0.29) is 13.0 Å². The maximum Gasteiger partial charge on any atom is 0.412 e. The molecule has 20 heavy (non-hydrogen) atoms. The topological polar surface area (TPSA) is 28.2 Å². The highest BCUT2D eigenvalue weighted by Crippen LogP contribution is 2.31. The molecule has 3 nitrogen and oxygen atoms in total.